The first-order chi connectivity index (χ1) is 7.68. The van der Waals surface area contributed by atoms with Gasteiger partial charge in [0.05, 0.1) is 9.40 Å². The van der Waals surface area contributed by atoms with Gasteiger partial charge in [0.1, 0.15) is 0 Å². The molecule has 0 radical (unpaired) electrons. The molecule has 4 heteroatoms. The number of benzene rings is 1. The molecular formula is C12H12BrNO2. The van der Waals surface area contributed by atoms with Gasteiger partial charge in [0, 0.05) is 5.56 Å². The smallest absolute Gasteiger partial charge is 0.258 e. The van der Waals surface area contributed by atoms with Crippen LogP contribution in [0.15, 0.2) is 10.5 Å². The van der Waals surface area contributed by atoms with Crippen molar-refractivity contribution in [3.63, 3.8) is 0 Å². The van der Waals surface area contributed by atoms with Crippen LogP contribution in [-0.4, -0.2) is 4.92 Å². The average molecular weight is 282 g/mol. The van der Waals surface area contributed by atoms with Crippen LogP contribution in [0.1, 0.15) is 41.9 Å². The average Bonchev–Trinajstić information content (AvgIpc) is 2.96. The maximum atomic E-state index is 11.2. The summed E-state index contributed by atoms with van der Waals surface area (Å²) in [4.78, 5) is 10.9. The summed E-state index contributed by atoms with van der Waals surface area (Å²) in [5.74, 6) is 0.555. The number of aryl methyl sites for hydroxylation is 1. The summed E-state index contributed by atoms with van der Waals surface area (Å²) < 4.78 is 0.737. The fraction of sp³-hybridized carbons (Fsp3) is 0.500. The van der Waals surface area contributed by atoms with Gasteiger partial charge in [-0.05, 0) is 65.1 Å². The van der Waals surface area contributed by atoms with Gasteiger partial charge in [0.15, 0.2) is 0 Å². The van der Waals surface area contributed by atoms with Crippen molar-refractivity contribution in [3.05, 3.63) is 37.3 Å². The third-order valence-corrected chi connectivity index (χ3v) is 4.37. The summed E-state index contributed by atoms with van der Waals surface area (Å²) in [7, 11) is 0. The number of nitrogens with zero attached hydrogens (tertiary/aromatic N) is 1. The number of hydrogen-bond acceptors (Lipinski definition) is 2. The van der Waals surface area contributed by atoms with E-state index in [1.165, 1.54) is 18.4 Å². The van der Waals surface area contributed by atoms with Gasteiger partial charge < -0.3 is 0 Å². The highest BCUT2D eigenvalue weighted by Gasteiger charge is 2.33. The van der Waals surface area contributed by atoms with Crippen LogP contribution in [0.2, 0.25) is 0 Å². The van der Waals surface area contributed by atoms with Gasteiger partial charge in [0.2, 0.25) is 0 Å². The van der Waals surface area contributed by atoms with Gasteiger partial charge in [-0.2, -0.15) is 0 Å². The number of rotatable bonds is 2. The molecule has 0 bridgehead atoms. The Kier molecular flexibility index (Phi) is 2.28. The van der Waals surface area contributed by atoms with E-state index in [-0.39, 0.29) is 4.92 Å². The zero-order chi connectivity index (χ0) is 11.3. The van der Waals surface area contributed by atoms with Crippen molar-refractivity contribution in [1.29, 1.82) is 0 Å². The highest BCUT2D eigenvalue weighted by Crippen LogP contribution is 2.48. The van der Waals surface area contributed by atoms with E-state index in [1.807, 2.05) is 0 Å². The van der Waals surface area contributed by atoms with Crippen LogP contribution < -0.4 is 0 Å². The minimum absolute atomic E-state index is 0.222. The summed E-state index contributed by atoms with van der Waals surface area (Å²) in [6.45, 7) is 0. The van der Waals surface area contributed by atoms with Gasteiger partial charge in [-0.1, -0.05) is 6.07 Å². The lowest BCUT2D eigenvalue weighted by molar-refractivity contribution is -0.386. The predicted octanol–water partition coefficient (Wildman–Crippen LogP) is 3.72. The Morgan fingerprint density at radius 1 is 1.38 bits per heavy atom. The normalized spacial score (nSPS) is 18.6. The standard InChI is InChI=1S/C12H12BrNO2/c13-11-10(7-4-5-7)6-8-2-1-3-9(8)12(11)14(15)16/h6-7H,1-5H2. The zero-order valence-electron chi connectivity index (χ0n) is 8.83. The van der Waals surface area contributed by atoms with Gasteiger partial charge in [-0.25, -0.2) is 0 Å². The van der Waals surface area contributed by atoms with Gasteiger partial charge in [0.25, 0.3) is 5.69 Å². The highest BCUT2D eigenvalue weighted by molar-refractivity contribution is 9.10. The third kappa shape index (κ3) is 1.47. The van der Waals surface area contributed by atoms with Gasteiger partial charge in [-0.3, -0.25) is 10.1 Å². The molecule has 2 aliphatic carbocycles. The molecule has 1 aromatic rings. The molecule has 3 rings (SSSR count). The van der Waals surface area contributed by atoms with E-state index >= 15 is 0 Å². The second-order valence-electron chi connectivity index (χ2n) is 4.65. The van der Waals surface area contributed by atoms with Crippen LogP contribution in [0.5, 0.6) is 0 Å². The molecule has 1 fully saturated rings. The van der Waals surface area contributed by atoms with Crippen LogP contribution >= 0.6 is 15.9 Å². The fourth-order valence-corrected chi connectivity index (χ4v) is 3.42. The Balaban J connectivity index is 2.23. The van der Waals surface area contributed by atoms with E-state index in [2.05, 4.69) is 22.0 Å². The Morgan fingerprint density at radius 2 is 2.12 bits per heavy atom. The second kappa shape index (κ2) is 3.55. The second-order valence-corrected chi connectivity index (χ2v) is 5.44. The molecule has 0 atom stereocenters. The molecule has 16 heavy (non-hydrogen) atoms. The SMILES string of the molecule is O=[N+]([O-])c1c(Br)c(C2CC2)cc2c1CCC2. The molecule has 0 N–H and O–H groups in total. The number of nitro groups is 1. The molecule has 1 aromatic carbocycles. The number of halogens is 1. The summed E-state index contributed by atoms with van der Waals surface area (Å²) >= 11 is 3.43. The number of hydrogen-bond donors (Lipinski definition) is 0. The molecule has 1 saturated carbocycles. The van der Waals surface area contributed by atoms with Crippen LogP contribution in [0, 0.1) is 10.1 Å². The summed E-state index contributed by atoms with van der Waals surface area (Å²) in [6.07, 6.45) is 5.26. The van der Waals surface area contributed by atoms with E-state index in [4.69, 9.17) is 0 Å². The van der Waals surface area contributed by atoms with E-state index in [0.29, 0.717) is 11.6 Å². The first kappa shape index (κ1) is 10.3. The lowest BCUT2D eigenvalue weighted by Crippen LogP contribution is -1.99. The van der Waals surface area contributed by atoms with E-state index in [1.54, 1.807) is 0 Å². The quantitative estimate of drug-likeness (QED) is 0.612. The summed E-state index contributed by atoms with van der Waals surface area (Å²) in [5, 5.41) is 11.2. The molecular weight excluding hydrogens is 270 g/mol. The van der Waals surface area contributed by atoms with Gasteiger partial charge >= 0.3 is 0 Å². The van der Waals surface area contributed by atoms with Crippen molar-refractivity contribution >= 4 is 21.6 Å². The fourth-order valence-electron chi connectivity index (χ4n) is 2.60. The summed E-state index contributed by atoms with van der Waals surface area (Å²) in [5.41, 5.74) is 3.65. The van der Waals surface area contributed by atoms with Crippen molar-refractivity contribution in [2.24, 2.45) is 0 Å². The van der Waals surface area contributed by atoms with Crippen molar-refractivity contribution in [2.45, 2.75) is 38.0 Å². The molecule has 0 aromatic heterocycles. The predicted molar refractivity (Wildman–Crippen MR) is 64.8 cm³/mol. The molecule has 3 nitrogen and oxygen atoms in total. The van der Waals surface area contributed by atoms with E-state index in [0.717, 1.165) is 34.9 Å². The Hall–Kier alpha value is -0.900. The molecule has 0 spiro atoms. The van der Waals surface area contributed by atoms with Crippen molar-refractivity contribution in [1.82, 2.24) is 0 Å². The first-order valence-electron chi connectivity index (χ1n) is 5.67. The topological polar surface area (TPSA) is 43.1 Å². The largest absolute Gasteiger partial charge is 0.287 e. The monoisotopic (exact) mass is 281 g/mol. The Bertz CT molecular complexity index is 480. The Morgan fingerprint density at radius 3 is 2.75 bits per heavy atom. The van der Waals surface area contributed by atoms with Crippen LogP contribution in [0.4, 0.5) is 5.69 Å². The van der Waals surface area contributed by atoms with Crippen LogP contribution in [0.3, 0.4) is 0 Å². The van der Waals surface area contributed by atoms with E-state index < -0.39 is 0 Å². The lowest BCUT2D eigenvalue weighted by atomic mass is 10.0. The molecule has 0 heterocycles. The molecule has 0 unspecified atom stereocenters. The maximum Gasteiger partial charge on any atom is 0.287 e. The molecule has 84 valence electrons. The molecule has 2 aliphatic rings. The minimum Gasteiger partial charge on any atom is -0.258 e. The van der Waals surface area contributed by atoms with Crippen molar-refractivity contribution < 1.29 is 4.92 Å². The lowest BCUT2D eigenvalue weighted by Gasteiger charge is -2.08. The number of fused-ring (bicyclic) bond motifs is 1. The third-order valence-electron chi connectivity index (χ3n) is 3.54. The van der Waals surface area contributed by atoms with Crippen LogP contribution in [0.25, 0.3) is 0 Å². The van der Waals surface area contributed by atoms with Crippen molar-refractivity contribution in [2.75, 3.05) is 0 Å². The summed E-state index contributed by atoms with van der Waals surface area (Å²) in [6, 6.07) is 2.19. The Labute approximate surface area is 102 Å². The zero-order valence-corrected chi connectivity index (χ0v) is 10.4. The highest BCUT2D eigenvalue weighted by atomic mass is 79.9. The number of nitro benzene ring substituents is 1. The minimum atomic E-state index is -0.222. The molecule has 0 aliphatic heterocycles. The molecule has 0 amide bonds. The first-order valence-corrected chi connectivity index (χ1v) is 6.46. The van der Waals surface area contributed by atoms with E-state index in [9.17, 15) is 10.1 Å². The van der Waals surface area contributed by atoms with Gasteiger partial charge in [-0.15, -0.1) is 0 Å². The molecule has 0 saturated heterocycles. The van der Waals surface area contributed by atoms with Crippen molar-refractivity contribution in [3.8, 4) is 0 Å². The maximum absolute atomic E-state index is 11.2. The van der Waals surface area contributed by atoms with Crippen LogP contribution in [-0.2, 0) is 12.8 Å².